The van der Waals surface area contributed by atoms with Gasteiger partial charge in [0.1, 0.15) is 0 Å². The van der Waals surface area contributed by atoms with Gasteiger partial charge in [0.15, 0.2) is 0 Å². The van der Waals surface area contributed by atoms with Crippen LogP contribution in [0.25, 0.3) is 0 Å². The van der Waals surface area contributed by atoms with Crippen LogP contribution in [0.3, 0.4) is 0 Å². The number of hydrogen-bond donors (Lipinski definition) is 2. The van der Waals surface area contributed by atoms with Gasteiger partial charge in [-0.15, -0.1) is 0 Å². The van der Waals surface area contributed by atoms with E-state index in [-0.39, 0.29) is 22.9 Å². The Balaban J connectivity index is 2.08. The molecule has 1 saturated carbocycles. The molecule has 1 fully saturated rings. The van der Waals surface area contributed by atoms with Gasteiger partial charge in [0.2, 0.25) is 10.0 Å². The lowest BCUT2D eigenvalue weighted by atomic mass is 9.84. The molecule has 0 spiro atoms. The van der Waals surface area contributed by atoms with E-state index in [9.17, 15) is 13.2 Å². The zero-order valence-electron chi connectivity index (χ0n) is 15.9. The number of benzene rings is 1. The molecule has 1 unspecified atom stereocenters. The Morgan fingerprint density at radius 2 is 1.77 bits per heavy atom. The number of nitrogens with two attached hydrogens (primary N) is 1. The van der Waals surface area contributed by atoms with Gasteiger partial charge in [-0.3, -0.25) is 4.79 Å². The normalized spacial score (nSPS) is 17.5. The number of nitrogens with zero attached hydrogens (tertiary/aromatic N) is 1. The third-order valence-electron chi connectivity index (χ3n) is 5.31. The van der Waals surface area contributed by atoms with Gasteiger partial charge in [0.05, 0.1) is 4.90 Å². The van der Waals surface area contributed by atoms with Crippen LogP contribution < -0.4 is 11.1 Å². The van der Waals surface area contributed by atoms with Crippen LogP contribution in [0.5, 0.6) is 0 Å². The van der Waals surface area contributed by atoms with Crippen LogP contribution in [0.15, 0.2) is 29.2 Å². The Kier molecular flexibility index (Phi) is 7.20. The summed E-state index contributed by atoms with van der Waals surface area (Å²) < 4.78 is 26.3. The quantitative estimate of drug-likeness (QED) is 0.758. The van der Waals surface area contributed by atoms with Gasteiger partial charge in [0.25, 0.3) is 5.91 Å². The van der Waals surface area contributed by atoms with Crippen LogP contribution in [0.4, 0.5) is 0 Å². The molecule has 7 heteroatoms. The van der Waals surface area contributed by atoms with Crippen molar-refractivity contribution in [2.75, 3.05) is 13.6 Å². The number of amides is 1. The van der Waals surface area contributed by atoms with Gasteiger partial charge in [-0.2, -0.15) is 4.31 Å². The molecule has 1 aliphatic rings. The maximum absolute atomic E-state index is 12.5. The second-order valence-electron chi connectivity index (χ2n) is 7.35. The first-order chi connectivity index (χ1) is 12.3. The minimum Gasteiger partial charge on any atom is -0.348 e. The second kappa shape index (κ2) is 8.97. The van der Waals surface area contributed by atoms with Gasteiger partial charge in [-0.05, 0) is 56.9 Å². The molecule has 2 rings (SSSR count). The van der Waals surface area contributed by atoms with E-state index in [1.54, 1.807) is 19.2 Å². The van der Waals surface area contributed by atoms with Crippen LogP contribution in [0, 0.1) is 5.92 Å². The zero-order valence-corrected chi connectivity index (χ0v) is 16.8. The lowest BCUT2D eigenvalue weighted by Crippen LogP contribution is -2.45. The molecule has 1 aromatic rings. The molecule has 1 atom stereocenters. The molecule has 1 aromatic carbocycles. The predicted molar refractivity (Wildman–Crippen MR) is 103 cm³/mol. The SMILES string of the molecule is CC(C)N(C)S(=O)(=O)c1ccc(C(=O)NC(CN)C2CCCCC2)cc1. The Morgan fingerprint density at radius 3 is 2.27 bits per heavy atom. The fraction of sp³-hybridized carbons (Fsp3) is 0.632. The Bertz CT molecular complexity index is 695. The van der Waals surface area contributed by atoms with Crippen molar-refractivity contribution >= 4 is 15.9 Å². The Morgan fingerprint density at radius 1 is 1.19 bits per heavy atom. The molecule has 0 aromatic heterocycles. The van der Waals surface area contributed by atoms with Gasteiger partial charge in [-0.25, -0.2) is 8.42 Å². The monoisotopic (exact) mass is 381 g/mol. The van der Waals surface area contributed by atoms with E-state index in [4.69, 9.17) is 5.73 Å². The van der Waals surface area contributed by atoms with Crippen molar-refractivity contribution in [1.29, 1.82) is 0 Å². The summed E-state index contributed by atoms with van der Waals surface area (Å²) in [5.74, 6) is 0.226. The molecule has 3 N–H and O–H groups in total. The minimum absolute atomic E-state index is 0.0294. The van der Waals surface area contributed by atoms with E-state index in [0.717, 1.165) is 12.8 Å². The summed E-state index contributed by atoms with van der Waals surface area (Å²) in [7, 11) is -1.99. The topological polar surface area (TPSA) is 92.5 Å². The van der Waals surface area contributed by atoms with Gasteiger partial charge in [0, 0.05) is 31.2 Å². The number of rotatable bonds is 7. The summed E-state index contributed by atoms with van der Waals surface area (Å²) in [4.78, 5) is 12.7. The molecule has 0 bridgehead atoms. The maximum Gasteiger partial charge on any atom is 0.251 e. The average Bonchev–Trinajstić information content (AvgIpc) is 2.65. The average molecular weight is 382 g/mol. The van der Waals surface area contributed by atoms with Crippen molar-refractivity contribution in [2.24, 2.45) is 11.7 Å². The highest BCUT2D eigenvalue weighted by Gasteiger charge is 2.25. The van der Waals surface area contributed by atoms with Crippen LogP contribution in [-0.4, -0.2) is 44.3 Å². The highest BCUT2D eigenvalue weighted by Crippen LogP contribution is 2.26. The highest BCUT2D eigenvalue weighted by atomic mass is 32.2. The van der Waals surface area contributed by atoms with E-state index >= 15 is 0 Å². The van der Waals surface area contributed by atoms with Crippen molar-refractivity contribution in [3.8, 4) is 0 Å². The first-order valence-electron chi connectivity index (χ1n) is 9.36. The largest absolute Gasteiger partial charge is 0.348 e. The van der Waals surface area contributed by atoms with Crippen LogP contribution in [-0.2, 0) is 10.0 Å². The maximum atomic E-state index is 12.5. The molecule has 0 heterocycles. The van der Waals surface area contributed by atoms with Crippen LogP contribution in [0.1, 0.15) is 56.3 Å². The first kappa shape index (κ1) is 20.9. The second-order valence-corrected chi connectivity index (χ2v) is 9.35. The number of sulfonamides is 1. The summed E-state index contributed by atoms with van der Waals surface area (Å²) in [6, 6.07) is 5.93. The van der Waals surface area contributed by atoms with E-state index in [1.165, 1.54) is 35.7 Å². The lowest BCUT2D eigenvalue weighted by Gasteiger charge is -2.30. The van der Waals surface area contributed by atoms with Gasteiger partial charge in [-0.1, -0.05) is 19.3 Å². The van der Waals surface area contributed by atoms with Crippen molar-refractivity contribution in [2.45, 2.75) is 62.9 Å². The molecular weight excluding hydrogens is 350 g/mol. The lowest BCUT2D eigenvalue weighted by molar-refractivity contribution is 0.0915. The molecular formula is C19H31N3O3S. The molecule has 26 heavy (non-hydrogen) atoms. The van der Waals surface area contributed by atoms with Gasteiger partial charge < -0.3 is 11.1 Å². The number of nitrogens with one attached hydrogen (secondary N) is 1. The van der Waals surface area contributed by atoms with Crippen molar-refractivity contribution < 1.29 is 13.2 Å². The minimum atomic E-state index is -3.54. The van der Waals surface area contributed by atoms with E-state index in [0.29, 0.717) is 18.0 Å². The number of hydrogen-bond acceptors (Lipinski definition) is 4. The van der Waals surface area contributed by atoms with Crippen molar-refractivity contribution in [3.05, 3.63) is 29.8 Å². The fourth-order valence-electron chi connectivity index (χ4n) is 3.38. The third-order valence-corrected chi connectivity index (χ3v) is 7.36. The van der Waals surface area contributed by atoms with E-state index in [1.807, 2.05) is 13.8 Å². The van der Waals surface area contributed by atoms with Crippen molar-refractivity contribution in [1.82, 2.24) is 9.62 Å². The van der Waals surface area contributed by atoms with E-state index in [2.05, 4.69) is 5.32 Å². The third kappa shape index (κ3) is 4.84. The molecule has 0 aliphatic heterocycles. The summed E-state index contributed by atoms with van der Waals surface area (Å²) in [5, 5.41) is 3.03. The molecule has 146 valence electrons. The highest BCUT2D eigenvalue weighted by molar-refractivity contribution is 7.89. The summed E-state index contributed by atoms with van der Waals surface area (Å²) in [6.07, 6.45) is 5.82. The molecule has 0 saturated heterocycles. The Labute approximate surface area is 157 Å². The first-order valence-corrected chi connectivity index (χ1v) is 10.8. The zero-order chi connectivity index (χ0) is 19.3. The van der Waals surface area contributed by atoms with Crippen LogP contribution in [0.2, 0.25) is 0 Å². The van der Waals surface area contributed by atoms with E-state index < -0.39 is 10.0 Å². The number of carbonyl (C=O) groups is 1. The summed E-state index contributed by atoms with van der Waals surface area (Å²) in [6.45, 7) is 4.05. The number of carbonyl (C=O) groups excluding carboxylic acids is 1. The standard InChI is InChI=1S/C19H31N3O3S/c1-14(2)22(3)26(24,25)17-11-9-16(10-12-17)19(23)21-18(13-20)15-7-5-4-6-8-15/h9-12,14-15,18H,4-8,13,20H2,1-3H3,(H,21,23). The fourth-order valence-corrected chi connectivity index (χ4v) is 4.75. The van der Waals surface area contributed by atoms with Gasteiger partial charge >= 0.3 is 0 Å². The smallest absolute Gasteiger partial charge is 0.251 e. The summed E-state index contributed by atoms with van der Waals surface area (Å²) in [5.41, 5.74) is 6.32. The molecule has 6 nitrogen and oxygen atoms in total. The molecule has 0 radical (unpaired) electrons. The summed E-state index contributed by atoms with van der Waals surface area (Å²) >= 11 is 0. The Hall–Kier alpha value is -1.44. The van der Waals surface area contributed by atoms with Crippen molar-refractivity contribution in [3.63, 3.8) is 0 Å². The molecule has 1 aliphatic carbocycles. The molecule has 1 amide bonds. The predicted octanol–water partition coefficient (Wildman–Crippen LogP) is 2.35. The van der Waals surface area contributed by atoms with Crippen LogP contribution >= 0.6 is 0 Å².